The summed E-state index contributed by atoms with van der Waals surface area (Å²) in [5.41, 5.74) is 0.248. The van der Waals surface area contributed by atoms with Gasteiger partial charge >= 0.3 is 18.3 Å². The van der Waals surface area contributed by atoms with Gasteiger partial charge in [-0.3, -0.25) is 0 Å². The molecule has 7 nitrogen and oxygen atoms in total. The van der Waals surface area contributed by atoms with Crippen molar-refractivity contribution in [3.05, 3.63) is 12.2 Å². The van der Waals surface area contributed by atoms with Crippen molar-refractivity contribution in [2.75, 3.05) is 13.2 Å². The van der Waals surface area contributed by atoms with E-state index in [2.05, 4.69) is 11.9 Å². The van der Waals surface area contributed by atoms with Crippen molar-refractivity contribution in [1.82, 2.24) is 5.32 Å². The molecular weight excluding hydrogens is 333 g/mol. The monoisotopic (exact) mass is 352 g/mol. The van der Waals surface area contributed by atoms with Crippen LogP contribution in [0.1, 0.15) is 26.2 Å². The molecule has 1 aliphatic rings. The number of nitriles is 1. The van der Waals surface area contributed by atoms with E-state index in [9.17, 15) is 18.0 Å². The molecule has 10 heteroatoms. The van der Waals surface area contributed by atoms with Crippen molar-refractivity contribution in [3.63, 3.8) is 0 Å². The SMILES string of the molecule is C=C(C#N)C(OC(=O)OCC)C1CCCCN1.O=C(O)C(F)(F)F. The van der Waals surface area contributed by atoms with Gasteiger partial charge in [-0.1, -0.05) is 13.0 Å². The second kappa shape index (κ2) is 10.5. The number of carbonyl (C=O) groups is 2. The van der Waals surface area contributed by atoms with E-state index in [-0.39, 0.29) is 18.2 Å². The summed E-state index contributed by atoms with van der Waals surface area (Å²) in [4.78, 5) is 20.2. The molecule has 1 saturated heterocycles. The molecule has 1 rings (SSSR count). The molecule has 1 aliphatic heterocycles. The number of hydrogen-bond donors (Lipinski definition) is 2. The predicted octanol–water partition coefficient (Wildman–Crippen LogP) is 2.38. The first kappa shape index (κ1) is 21.7. The third-order valence-electron chi connectivity index (χ3n) is 2.93. The third kappa shape index (κ3) is 8.38. The van der Waals surface area contributed by atoms with Crippen LogP contribution in [-0.4, -0.2) is 48.7 Å². The Morgan fingerprint density at radius 3 is 2.42 bits per heavy atom. The molecule has 24 heavy (non-hydrogen) atoms. The number of ether oxygens (including phenoxy) is 2. The number of nitrogens with one attached hydrogen (secondary N) is 1. The van der Waals surface area contributed by atoms with E-state index in [4.69, 9.17) is 24.6 Å². The fourth-order valence-corrected chi connectivity index (χ4v) is 1.85. The Kier molecular flexibility index (Phi) is 9.49. The molecule has 2 unspecified atom stereocenters. The van der Waals surface area contributed by atoms with Crippen molar-refractivity contribution in [1.29, 1.82) is 5.26 Å². The van der Waals surface area contributed by atoms with E-state index in [0.717, 1.165) is 25.8 Å². The highest BCUT2D eigenvalue weighted by Crippen LogP contribution is 2.18. The van der Waals surface area contributed by atoms with E-state index < -0.39 is 24.4 Å². The molecule has 0 aromatic heterocycles. The van der Waals surface area contributed by atoms with Gasteiger partial charge in [0.15, 0.2) is 6.10 Å². The molecule has 1 fully saturated rings. The summed E-state index contributed by atoms with van der Waals surface area (Å²) >= 11 is 0. The first-order valence-electron chi connectivity index (χ1n) is 7.09. The Morgan fingerprint density at radius 1 is 1.46 bits per heavy atom. The summed E-state index contributed by atoms with van der Waals surface area (Å²) in [6.45, 7) is 6.45. The van der Waals surface area contributed by atoms with Gasteiger partial charge in [0.2, 0.25) is 0 Å². The largest absolute Gasteiger partial charge is 0.508 e. The Balaban J connectivity index is 0.000000640. The summed E-state index contributed by atoms with van der Waals surface area (Å²) in [6.07, 6.45) is -3.44. The van der Waals surface area contributed by atoms with Gasteiger partial charge in [0.1, 0.15) is 0 Å². The zero-order valence-corrected chi connectivity index (χ0v) is 13.1. The summed E-state index contributed by atoms with van der Waals surface area (Å²) in [5, 5.41) is 19.2. The van der Waals surface area contributed by atoms with Gasteiger partial charge in [0.25, 0.3) is 0 Å². The Morgan fingerprint density at radius 2 is 2.04 bits per heavy atom. The average molecular weight is 352 g/mol. The summed E-state index contributed by atoms with van der Waals surface area (Å²) < 4.78 is 41.6. The van der Waals surface area contributed by atoms with Crippen LogP contribution in [0.25, 0.3) is 0 Å². The number of nitrogens with zero attached hydrogens (tertiary/aromatic N) is 1. The van der Waals surface area contributed by atoms with Crippen LogP contribution in [0.4, 0.5) is 18.0 Å². The summed E-state index contributed by atoms with van der Waals surface area (Å²) in [5.74, 6) is -2.76. The molecule has 1 heterocycles. The van der Waals surface area contributed by atoms with Gasteiger partial charge in [-0.05, 0) is 26.3 Å². The molecule has 0 saturated carbocycles. The van der Waals surface area contributed by atoms with Crippen molar-refractivity contribution in [3.8, 4) is 6.07 Å². The van der Waals surface area contributed by atoms with Gasteiger partial charge < -0.3 is 19.9 Å². The van der Waals surface area contributed by atoms with Crippen LogP contribution in [0, 0.1) is 11.3 Å². The van der Waals surface area contributed by atoms with Crippen molar-refractivity contribution < 1.29 is 37.3 Å². The predicted molar refractivity (Wildman–Crippen MR) is 76.0 cm³/mol. The maximum absolute atomic E-state index is 11.3. The zero-order valence-electron chi connectivity index (χ0n) is 13.1. The van der Waals surface area contributed by atoms with E-state index in [1.165, 1.54) is 0 Å². The second-order valence-corrected chi connectivity index (χ2v) is 4.72. The molecule has 136 valence electrons. The van der Waals surface area contributed by atoms with Crippen LogP contribution < -0.4 is 5.32 Å². The molecule has 0 spiro atoms. The third-order valence-corrected chi connectivity index (χ3v) is 2.93. The molecular formula is C14H19F3N2O5. The van der Waals surface area contributed by atoms with Crippen LogP contribution in [-0.2, 0) is 14.3 Å². The molecule has 0 aromatic rings. The maximum Gasteiger partial charge on any atom is 0.508 e. The molecule has 0 amide bonds. The standard InChI is InChI=1S/C12H18N2O3.C2HF3O2/c1-3-16-12(15)17-11(9(2)8-13)10-6-4-5-7-14-10;3-2(4,5)1(6)7/h10-11,14H,2-7H2,1H3;(H,6,7). The fraction of sp³-hybridized carbons (Fsp3) is 0.643. The molecule has 2 N–H and O–H groups in total. The molecule has 0 aliphatic carbocycles. The van der Waals surface area contributed by atoms with Crippen LogP contribution in [0.5, 0.6) is 0 Å². The Labute approximate surface area is 137 Å². The van der Waals surface area contributed by atoms with Crippen LogP contribution in [0.15, 0.2) is 12.2 Å². The highest BCUT2D eigenvalue weighted by molar-refractivity contribution is 5.73. The zero-order chi connectivity index (χ0) is 18.8. The number of carbonyl (C=O) groups excluding carboxylic acids is 1. The number of halogens is 3. The quantitative estimate of drug-likeness (QED) is 0.590. The van der Waals surface area contributed by atoms with Crippen LogP contribution >= 0.6 is 0 Å². The molecule has 0 aromatic carbocycles. The first-order valence-corrected chi connectivity index (χ1v) is 7.09. The van der Waals surface area contributed by atoms with Crippen LogP contribution in [0.3, 0.4) is 0 Å². The summed E-state index contributed by atoms with van der Waals surface area (Å²) in [7, 11) is 0. The maximum atomic E-state index is 11.3. The van der Waals surface area contributed by atoms with Gasteiger partial charge in [0, 0.05) is 6.04 Å². The number of aliphatic carboxylic acids is 1. The van der Waals surface area contributed by atoms with Gasteiger partial charge in [-0.25, -0.2) is 9.59 Å². The number of alkyl halides is 3. The number of rotatable bonds is 4. The molecule has 0 bridgehead atoms. The molecule has 0 radical (unpaired) electrons. The van der Waals surface area contributed by atoms with Gasteiger partial charge in [-0.2, -0.15) is 18.4 Å². The lowest BCUT2D eigenvalue weighted by atomic mass is 9.96. The lowest BCUT2D eigenvalue weighted by Crippen LogP contribution is -2.45. The minimum absolute atomic E-state index is 0.0414. The number of piperidine rings is 1. The second-order valence-electron chi connectivity index (χ2n) is 4.72. The van der Waals surface area contributed by atoms with Crippen LogP contribution in [0.2, 0.25) is 0 Å². The Bertz CT molecular complexity index is 482. The number of hydrogen-bond acceptors (Lipinski definition) is 6. The highest BCUT2D eigenvalue weighted by Gasteiger charge is 2.38. The minimum atomic E-state index is -5.08. The van der Waals surface area contributed by atoms with Crippen molar-refractivity contribution in [2.24, 2.45) is 0 Å². The lowest BCUT2D eigenvalue weighted by molar-refractivity contribution is -0.192. The topological polar surface area (TPSA) is 109 Å². The van der Waals surface area contributed by atoms with E-state index >= 15 is 0 Å². The lowest BCUT2D eigenvalue weighted by Gasteiger charge is -2.29. The fourth-order valence-electron chi connectivity index (χ4n) is 1.85. The normalized spacial score (nSPS) is 18.2. The van der Waals surface area contributed by atoms with E-state index in [1.54, 1.807) is 6.92 Å². The smallest absolute Gasteiger partial charge is 0.475 e. The van der Waals surface area contributed by atoms with Gasteiger partial charge in [0.05, 0.1) is 18.2 Å². The van der Waals surface area contributed by atoms with Crippen molar-refractivity contribution >= 4 is 12.1 Å². The molecule has 2 atom stereocenters. The highest BCUT2D eigenvalue weighted by atomic mass is 19.4. The van der Waals surface area contributed by atoms with E-state index in [0.29, 0.717) is 0 Å². The number of carboxylic acids is 1. The average Bonchev–Trinajstić information content (AvgIpc) is 2.52. The van der Waals surface area contributed by atoms with Gasteiger partial charge in [-0.15, -0.1) is 0 Å². The number of carboxylic acid groups (broad SMARTS) is 1. The van der Waals surface area contributed by atoms with E-state index in [1.807, 2.05) is 6.07 Å². The van der Waals surface area contributed by atoms with Crippen molar-refractivity contribution in [2.45, 2.75) is 44.5 Å². The first-order chi connectivity index (χ1) is 11.1. The summed E-state index contributed by atoms with van der Waals surface area (Å²) in [6, 6.07) is 1.90. The Hall–Kier alpha value is -2.28. The minimum Gasteiger partial charge on any atom is -0.475 e.